The Bertz CT molecular complexity index is 571. The average Bonchev–Trinajstić information content (AvgIpc) is 3.01. The van der Waals surface area contributed by atoms with E-state index in [0.29, 0.717) is 24.6 Å². The molecule has 8 heteroatoms. The molecule has 0 aliphatic rings. The van der Waals surface area contributed by atoms with Gasteiger partial charge in [0.25, 0.3) is 5.91 Å². The molecule has 1 amide bonds. The molecule has 3 N–H and O–H groups in total. The summed E-state index contributed by atoms with van der Waals surface area (Å²) in [6.07, 6.45) is 3.27. The zero-order chi connectivity index (χ0) is 13.8. The van der Waals surface area contributed by atoms with E-state index in [4.69, 9.17) is 5.73 Å². The van der Waals surface area contributed by atoms with Crippen molar-refractivity contribution >= 4 is 11.6 Å². The lowest BCUT2D eigenvalue weighted by Crippen LogP contribution is -2.26. The molecule has 0 saturated heterocycles. The van der Waals surface area contributed by atoms with Gasteiger partial charge in [-0.05, 0) is 13.8 Å². The van der Waals surface area contributed by atoms with E-state index in [-0.39, 0.29) is 11.6 Å². The molecule has 2 aromatic heterocycles. The van der Waals surface area contributed by atoms with Gasteiger partial charge >= 0.3 is 0 Å². The van der Waals surface area contributed by atoms with Crippen LogP contribution in [0.2, 0.25) is 0 Å². The van der Waals surface area contributed by atoms with Gasteiger partial charge in [0, 0.05) is 19.3 Å². The van der Waals surface area contributed by atoms with E-state index in [9.17, 15) is 4.79 Å². The number of rotatable bonds is 5. The molecule has 102 valence electrons. The zero-order valence-electron chi connectivity index (χ0n) is 11.0. The topological polar surface area (TPSA) is 104 Å². The third kappa shape index (κ3) is 2.72. The molecule has 0 aliphatic heterocycles. The second kappa shape index (κ2) is 5.51. The Morgan fingerprint density at radius 3 is 2.84 bits per heavy atom. The van der Waals surface area contributed by atoms with E-state index < -0.39 is 0 Å². The van der Waals surface area contributed by atoms with Gasteiger partial charge in [0.05, 0.1) is 12.2 Å². The fraction of sp³-hybridized carbons (Fsp3) is 0.455. The van der Waals surface area contributed by atoms with Gasteiger partial charge in [0.1, 0.15) is 6.33 Å². The summed E-state index contributed by atoms with van der Waals surface area (Å²) >= 11 is 0. The van der Waals surface area contributed by atoms with Crippen LogP contribution in [-0.4, -0.2) is 30.5 Å². The zero-order valence-corrected chi connectivity index (χ0v) is 11.0. The van der Waals surface area contributed by atoms with Crippen LogP contribution in [0, 0.1) is 0 Å². The van der Waals surface area contributed by atoms with Crippen LogP contribution in [0.25, 0.3) is 0 Å². The minimum Gasteiger partial charge on any atom is -0.396 e. The Morgan fingerprint density at radius 2 is 2.21 bits per heavy atom. The summed E-state index contributed by atoms with van der Waals surface area (Å²) in [4.78, 5) is 12.0. The van der Waals surface area contributed by atoms with Gasteiger partial charge in [0.15, 0.2) is 11.5 Å². The third-order valence-corrected chi connectivity index (χ3v) is 2.77. The van der Waals surface area contributed by atoms with Gasteiger partial charge < -0.3 is 15.6 Å². The monoisotopic (exact) mass is 263 g/mol. The first kappa shape index (κ1) is 13.1. The second-order valence-corrected chi connectivity index (χ2v) is 4.00. The van der Waals surface area contributed by atoms with Crippen molar-refractivity contribution in [1.82, 2.24) is 29.9 Å². The molecule has 0 aliphatic carbocycles. The van der Waals surface area contributed by atoms with Crippen molar-refractivity contribution in [3.63, 3.8) is 0 Å². The second-order valence-electron chi connectivity index (χ2n) is 4.00. The highest BCUT2D eigenvalue weighted by molar-refractivity contribution is 5.96. The Balaban J connectivity index is 2.03. The quantitative estimate of drug-likeness (QED) is 0.791. The van der Waals surface area contributed by atoms with Crippen LogP contribution >= 0.6 is 0 Å². The molecular formula is C11H17N7O. The summed E-state index contributed by atoms with van der Waals surface area (Å²) in [5.41, 5.74) is 6.36. The number of hydrogen-bond acceptors (Lipinski definition) is 5. The molecule has 0 saturated carbocycles. The minimum absolute atomic E-state index is 0.240. The fourth-order valence-electron chi connectivity index (χ4n) is 1.70. The highest BCUT2D eigenvalue weighted by atomic mass is 16.2. The van der Waals surface area contributed by atoms with Crippen molar-refractivity contribution in [2.75, 3.05) is 5.73 Å². The maximum atomic E-state index is 12.0. The molecule has 2 rings (SSSR count). The van der Waals surface area contributed by atoms with Gasteiger partial charge in [-0.25, -0.2) is 0 Å². The molecule has 0 aromatic carbocycles. The molecule has 8 nitrogen and oxygen atoms in total. The Kier molecular flexibility index (Phi) is 3.79. The summed E-state index contributed by atoms with van der Waals surface area (Å²) < 4.78 is 3.48. The number of amides is 1. The number of nitrogen functional groups attached to an aromatic ring is 1. The van der Waals surface area contributed by atoms with Crippen molar-refractivity contribution in [1.29, 1.82) is 0 Å². The number of aromatic nitrogens is 5. The van der Waals surface area contributed by atoms with Gasteiger partial charge in [0.2, 0.25) is 0 Å². The smallest absolute Gasteiger partial charge is 0.274 e. The molecule has 19 heavy (non-hydrogen) atoms. The molecule has 0 unspecified atom stereocenters. The summed E-state index contributed by atoms with van der Waals surface area (Å²) in [5, 5.41) is 14.6. The lowest BCUT2D eigenvalue weighted by atomic mass is 10.3. The van der Waals surface area contributed by atoms with Crippen LogP contribution in [0.5, 0.6) is 0 Å². The summed E-state index contributed by atoms with van der Waals surface area (Å²) in [6, 6.07) is 0. The molecule has 0 bridgehead atoms. The largest absolute Gasteiger partial charge is 0.396 e. The summed E-state index contributed by atoms with van der Waals surface area (Å²) in [5.74, 6) is 0.389. The highest BCUT2D eigenvalue weighted by Gasteiger charge is 2.15. The van der Waals surface area contributed by atoms with E-state index >= 15 is 0 Å². The first-order valence-electron chi connectivity index (χ1n) is 6.13. The number of nitrogens with two attached hydrogens (primary N) is 1. The number of anilines is 1. The third-order valence-electron chi connectivity index (χ3n) is 2.77. The normalized spacial score (nSPS) is 10.6. The van der Waals surface area contributed by atoms with Crippen molar-refractivity contribution in [3.05, 3.63) is 24.0 Å². The van der Waals surface area contributed by atoms with Crippen molar-refractivity contribution in [2.45, 2.75) is 33.5 Å². The maximum absolute atomic E-state index is 12.0. The van der Waals surface area contributed by atoms with Gasteiger partial charge in [-0.15, -0.1) is 10.2 Å². The van der Waals surface area contributed by atoms with Crippen LogP contribution < -0.4 is 11.1 Å². The predicted molar refractivity (Wildman–Crippen MR) is 69.2 cm³/mol. The van der Waals surface area contributed by atoms with E-state index in [1.54, 1.807) is 17.2 Å². The van der Waals surface area contributed by atoms with Gasteiger partial charge in [-0.1, -0.05) is 0 Å². The van der Waals surface area contributed by atoms with Gasteiger partial charge in [-0.2, -0.15) is 5.10 Å². The van der Waals surface area contributed by atoms with Crippen molar-refractivity contribution < 1.29 is 4.79 Å². The Morgan fingerprint density at radius 1 is 1.42 bits per heavy atom. The fourth-order valence-corrected chi connectivity index (χ4v) is 1.70. The van der Waals surface area contributed by atoms with Crippen LogP contribution in [0.3, 0.4) is 0 Å². The highest BCUT2D eigenvalue weighted by Crippen LogP contribution is 2.08. The number of hydrogen-bond donors (Lipinski definition) is 2. The first-order valence-corrected chi connectivity index (χ1v) is 6.13. The van der Waals surface area contributed by atoms with Crippen molar-refractivity contribution in [2.24, 2.45) is 0 Å². The summed E-state index contributed by atoms with van der Waals surface area (Å²) in [7, 11) is 0. The van der Waals surface area contributed by atoms with E-state index in [1.165, 1.54) is 0 Å². The molecule has 0 atom stereocenters. The molecular weight excluding hydrogens is 246 g/mol. The standard InChI is InChI=1S/C11H17N7O/c1-3-17-7-14-15-9(17)5-13-11(19)10-8(12)6-18(4-2)16-10/h6-7H,3-5,12H2,1-2H3,(H,13,19). The van der Waals surface area contributed by atoms with E-state index in [1.807, 2.05) is 18.4 Å². The van der Waals surface area contributed by atoms with Crippen LogP contribution in [0.4, 0.5) is 5.69 Å². The number of aryl methyl sites for hydroxylation is 2. The Labute approximate surface area is 110 Å². The predicted octanol–water partition coefficient (Wildman–Crippen LogP) is 0.0266. The minimum atomic E-state index is -0.310. The summed E-state index contributed by atoms with van der Waals surface area (Å²) in [6.45, 7) is 5.63. The number of nitrogens with zero attached hydrogens (tertiary/aromatic N) is 5. The average molecular weight is 263 g/mol. The number of carbonyl (C=O) groups is 1. The van der Waals surface area contributed by atoms with Crippen LogP contribution in [0.1, 0.15) is 30.2 Å². The molecule has 0 fully saturated rings. The van der Waals surface area contributed by atoms with E-state index in [2.05, 4.69) is 20.6 Å². The van der Waals surface area contributed by atoms with Crippen molar-refractivity contribution in [3.8, 4) is 0 Å². The molecule has 0 radical (unpaired) electrons. The van der Waals surface area contributed by atoms with Gasteiger partial charge in [-0.3, -0.25) is 9.48 Å². The van der Waals surface area contributed by atoms with Crippen LogP contribution in [0.15, 0.2) is 12.5 Å². The molecule has 2 aromatic rings. The SMILES string of the molecule is CCn1cc(N)c(C(=O)NCc2nncn2CC)n1. The number of carbonyl (C=O) groups excluding carboxylic acids is 1. The Hall–Kier alpha value is -2.38. The maximum Gasteiger partial charge on any atom is 0.274 e. The van der Waals surface area contributed by atoms with Crippen LogP contribution in [-0.2, 0) is 19.6 Å². The number of nitrogens with one attached hydrogen (secondary N) is 1. The lowest BCUT2D eigenvalue weighted by Gasteiger charge is -2.04. The van der Waals surface area contributed by atoms with E-state index in [0.717, 1.165) is 6.54 Å². The molecule has 0 spiro atoms. The lowest BCUT2D eigenvalue weighted by molar-refractivity contribution is 0.0944. The first-order chi connectivity index (χ1) is 9.15. The molecule has 2 heterocycles.